The predicted molar refractivity (Wildman–Crippen MR) is 69.5 cm³/mol. The number of halogens is 1. The van der Waals surface area contributed by atoms with Crippen molar-refractivity contribution in [3.63, 3.8) is 0 Å². The van der Waals surface area contributed by atoms with E-state index in [0.29, 0.717) is 13.1 Å². The molecule has 1 saturated heterocycles. The highest BCUT2D eigenvalue weighted by atomic mass is 35.5. The van der Waals surface area contributed by atoms with E-state index in [1.54, 1.807) is 4.31 Å². The summed E-state index contributed by atoms with van der Waals surface area (Å²) >= 11 is 0. The Bertz CT molecular complexity index is 290. The van der Waals surface area contributed by atoms with Crippen molar-refractivity contribution in [1.82, 2.24) is 9.62 Å². The van der Waals surface area contributed by atoms with Crippen LogP contribution in [-0.2, 0) is 10.0 Å². The van der Waals surface area contributed by atoms with Crippen molar-refractivity contribution in [2.24, 2.45) is 5.41 Å². The molecule has 0 unspecified atom stereocenters. The molecule has 0 spiro atoms. The van der Waals surface area contributed by atoms with Gasteiger partial charge in [-0.25, -0.2) is 12.7 Å². The molecule has 0 bridgehead atoms. The summed E-state index contributed by atoms with van der Waals surface area (Å²) in [6, 6.07) is 0. The highest BCUT2D eigenvalue weighted by Gasteiger charge is 2.28. The second kappa shape index (κ2) is 6.19. The van der Waals surface area contributed by atoms with Gasteiger partial charge < -0.3 is 5.32 Å². The Hall–Kier alpha value is 0.160. The van der Waals surface area contributed by atoms with Crippen LogP contribution in [0.25, 0.3) is 0 Å². The molecular formula is C10H23ClN2O2S. The monoisotopic (exact) mass is 270 g/mol. The first-order valence-corrected chi connectivity index (χ1v) is 7.11. The molecule has 1 rings (SSSR count). The van der Waals surface area contributed by atoms with Crippen LogP contribution in [0.15, 0.2) is 0 Å². The number of nitrogens with zero attached hydrogens (tertiary/aromatic N) is 1. The number of hydrogen-bond donors (Lipinski definition) is 1. The van der Waals surface area contributed by atoms with Crippen molar-refractivity contribution in [2.45, 2.75) is 27.2 Å². The van der Waals surface area contributed by atoms with Gasteiger partial charge in [0.25, 0.3) is 0 Å². The van der Waals surface area contributed by atoms with Gasteiger partial charge in [0.1, 0.15) is 0 Å². The van der Waals surface area contributed by atoms with Gasteiger partial charge in [-0.15, -0.1) is 12.4 Å². The van der Waals surface area contributed by atoms with Gasteiger partial charge in [0, 0.05) is 19.6 Å². The fourth-order valence-electron chi connectivity index (χ4n) is 1.74. The number of hydrogen-bond acceptors (Lipinski definition) is 3. The van der Waals surface area contributed by atoms with E-state index in [2.05, 4.69) is 5.32 Å². The molecule has 0 aliphatic carbocycles. The quantitative estimate of drug-likeness (QED) is 0.817. The van der Waals surface area contributed by atoms with Crippen molar-refractivity contribution in [2.75, 3.05) is 31.9 Å². The van der Waals surface area contributed by atoms with Crippen molar-refractivity contribution in [3.8, 4) is 0 Å². The van der Waals surface area contributed by atoms with Crippen LogP contribution in [0.3, 0.4) is 0 Å². The van der Waals surface area contributed by atoms with E-state index >= 15 is 0 Å². The molecule has 0 aromatic rings. The molecule has 0 radical (unpaired) electrons. The lowest BCUT2D eigenvalue weighted by atomic mass is 10.0. The fraction of sp³-hybridized carbons (Fsp3) is 1.00. The molecule has 98 valence electrons. The number of sulfonamides is 1. The maximum absolute atomic E-state index is 12.1. The van der Waals surface area contributed by atoms with E-state index in [-0.39, 0.29) is 23.6 Å². The third-order valence-electron chi connectivity index (χ3n) is 2.31. The molecule has 4 nitrogen and oxygen atoms in total. The highest BCUT2D eigenvalue weighted by molar-refractivity contribution is 7.89. The molecule has 0 aromatic heterocycles. The van der Waals surface area contributed by atoms with Crippen molar-refractivity contribution in [1.29, 1.82) is 0 Å². The largest absolute Gasteiger partial charge is 0.315 e. The SMILES string of the molecule is CC(C)(C)CS(=O)(=O)N1CCCNCC1.Cl. The summed E-state index contributed by atoms with van der Waals surface area (Å²) in [5.41, 5.74) is -0.168. The Balaban J connectivity index is 0.00000225. The molecule has 0 saturated carbocycles. The topological polar surface area (TPSA) is 49.4 Å². The van der Waals surface area contributed by atoms with Crippen LogP contribution in [0.2, 0.25) is 0 Å². The Morgan fingerprint density at radius 2 is 1.81 bits per heavy atom. The van der Waals surface area contributed by atoms with Gasteiger partial charge in [-0.3, -0.25) is 0 Å². The van der Waals surface area contributed by atoms with Gasteiger partial charge in [0.05, 0.1) is 5.75 Å². The maximum atomic E-state index is 12.1. The molecular weight excluding hydrogens is 248 g/mol. The minimum atomic E-state index is -3.07. The summed E-state index contributed by atoms with van der Waals surface area (Å²) in [5, 5.41) is 3.21. The average molecular weight is 271 g/mol. The molecule has 1 N–H and O–H groups in total. The zero-order valence-corrected chi connectivity index (χ0v) is 12.0. The van der Waals surface area contributed by atoms with E-state index in [1.807, 2.05) is 20.8 Å². The summed E-state index contributed by atoms with van der Waals surface area (Å²) < 4.78 is 25.7. The zero-order chi connectivity index (χ0) is 11.5. The van der Waals surface area contributed by atoms with Crippen LogP contribution in [0.1, 0.15) is 27.2 Å². The standard InChI is InChI=1S/C10H22N2O2S.ClH/c1-10(2,3)9-15(13,14)12-7-4-5-11-6-8-12;/h11H,4-9H2,1-3H3;1H. The van der Waals surface area contributed by atoms with Crippen LogP contribution in [-0.4, -0.2) is 44.7 Å². The minimum Gasteiger partial charge on any atom is -0.315 e. The Kier molecular flexibility index (Phi) is 6.25. The van der Waals surface area contributed by atoms with Crippen LogP contribution < -0.4 is 5.32 Å². The Morgan fingerprint density at radius 3 is 2.38 bits per heavy atom. The first-order chi connectivity index (χ1) is 6.81. The lowest BCUT2D eigenvalue weighted by Crippen LogP contribution is -2.39. The predicted octanol–water partition coefficient (Wildman–Crippen LogP) is 1.08. The van der Waals surface area contributed by atoms with E-state index in [1.165, 1.54) is 0 Å². The number of rotatable bonds is 2. The van der Waals surface area contributed by atoms with Crippen LogP contribution in [0.4, 0.5) is 0 Å². The third-order valence-corrected chi connectivity index (χ3v) is 4.69. The highest BCUT2D eigenvalue weighted by Crippen LogP contribution is 2.19. The second-order valence-corrected chi connectivity index (χ2v) is 7.29. The van der Waals surface area contributed by atoms with Crippen LogP contribution in [0, 0.1) is 5.41 Å². The Morgan fingerprint density at radius 1 is 1.19 bits per heavy atom. The molecule has 1 aliphatic rings. The zero-order valence-electron chi connectivity index (χ0n) is 10.3. The van der Waals surface area contributed by atoms with E-state index in [0.717, 1.165) is 19.5 Å². The fourth-order valence-corrected chi connectivity index (χ4v) is 3.79. The average Bonchev–Trinajstić information content (AvgIpc) is 2.25. The number of nitrogens with one attached hydrogen (secondary N) is 1. The first kappa shape index (κ1) is 16.2. The lowest BCUT2D eigenvalue weighted by Gasteiger charge is -2.25. The minimum absolute atomic E-state index is 0. The summed E-state index contributed by atoms with van der Waals surface area (Å²) in [7, 11) is -3.07. The summed E-state index contributed by atoms with van der Waals surface area (Å²) in [6.45, 7) is 8.83. The van der Waals surface area contributed by atoms with Gasteiger partial charge >= 0.3 is 0 Å². The van der Waals surface area contributed by atoms with E-state index in [4.69, 9.17) is 0 Å². The molecule has 0 atom stereocenters. The molecule has 16 heavy (non-hydrogen) atoms. The third kappa shape index (κ3) is 5.48. The first-order valence-electron chi connectivity index (χ1n) is 5.50. The van der Waals surface area contributed by atoms with Gasteiger partial charge in [-0.05, 0) is 18.4 Å². The molecule has 0 aromatic carbocycles. The van der Waals surface area contributed by atoms with Gasteiger partial charge in [0.2, 0.25) is 10.0 Å². The second-order valence-electron chi connectivity index (χ2n) is 5.32. The summed E-state index contributed by atoms with van der Waals surface area (Å²) in [4.78, 5) is 0. The maximum Gasteiger partial charge on any atom is 0.214 e. The lowest BCUT2D eigenvalue weighted by molar-refractivity contribution is 0.401. The van der Waals surface area contributed by atoms with E-state index in [9.17, 15) is 8.42 Å². The summed E-state index contributed by atoms with van der Waals surface area (Å²) in [6.07, 6.45) is 0.906. The van der Waals surface area contributed by atoms with Gasteiger partial charge in [-0.2, -0.15) is 0 Å². The smallest absolute Gasteiger partial charge is 0.214 e. The van der Waals surface area contributed by atoms with E-state index < -0.39 is 10.0 Å². The van der Waals surface area contributed by atoms with Crippen molar-refractivity contribution in [3.05, 3.63) is 0 Å². The molecule has 1 fully saturated rings. The van der Waals surface area contributed by atoms with Crippen molar-refractivity contribution >= 4 is 22.4 Å². The van der Waals surface area contributed by atoms with Crippen molar-refractivity contribution < 1.29 is 8.42 Å². The van der Waals surface area contributed by atoms with Gasteiger partial charge in [-0.1, -0.05) is 20.8 Å². The normalized spacial score (nSPS) is 19.9. The van der Waals surface area contributed by atoms with Crippen LogP contribution in [0.5, 0.6) is 0 Å². The Labute approximate surface area is 105 Å². The molecule has 0 amide bonds. The van der Waals surface area contributed by atoms with Crippen LogP contribution >= 0.6 is 12.4 Å². The molecule has 6 heteroatoms. The van der Waals surface area contributed by atoms with Gasteiger partial charge in [0.15, 0.2) is 0 Å². The molecule has 1 heterocycles. The summed E-state index contributed by atoms with van der Waals surface area (Å²) in [5.74, 6) is 0.236. The molecule has 1 aliphatic heterocycles.